The summed E-state index contributed by atoms with van der Waals surface area (Å²) in [6.45, 7) is 1.96. The highest BCUT2D eigenvalue weighted by Crippen LogP contribution is 2.18. The first-order valence-electron chi connectivity index (χ1n) is 7.13. The van der Waals surface area contributed by atoms with Gasteiger partial charge in [-0.05, 0) is 44.4 Å². The highest BCUT2D eigenvalue weighted by Gasteiger charge is 2.12. The van der Waals surface area contributed by atoms with Crippen LogP contribution in [0, 0.1) is 0 Å². The van der Waals surface area contributed by atoms with Crippen LogP contribution in [-0.2, 0) is 0 Å². The lowest BCUT2D eigenvalue weighted by atomic mass is 10.1. The molecule has 0 aliphatic carbocycles. The van der Waals surface area contributed by atoms with Gasteiger partial charge in [0.05, 0.1) is 18.3 Å². The van der Waals surface area contributed by atoms with Crippen LogP contribution in [0.4, 0.5) is 0 Å². The van der Waals surface area contributed by atoms with Crippen LogP contribution in [0.3, 0.4) is 0 Å². The van der Waals surface area contributed by atoms with Gasteiger partial charge < -0.3 is 10.1 Å². The molecule has 1 fully saturated rings. The number of nitrogens with zero attached hydrogens (tertiary/aromatic N) is 1. The van der Waals surface area contributed by atoms with E-state index in [0.29, 0.717) is 6.04 Å². The summed E-state index contributed by atoms with van der Waals surface area (Å²) in [5.74, 6) is 0.873. The van der Waals surface area contributed by atoms with E-state index in [9.17, 15) is 0 Å². The average Bonchev–Trinajstić information content (AvgIpc) is 2.97. The van der Waals surface area contributed by atoms with Crippen molar-refractivity contribution in [2.45, 2.75) is 31.7 Å². The van der Waals surface area contributed by atoms with E-state index < -0.39 is 0 Å². The molecule has 0 spiro atoms. The Bertz CT molecular complexity index is 535. The number of fused-ring (bicyclic) bond motifs is 1. The second-order valence-electron chi connectivity index (χ2n) is 5.15. The number of benzene rings is 1. The van der Waals surface area contributed by atoms with Crippen molar-refractivity contribution in [3.63, 3.8) is 0 Å². The third-order valence-corrected chi connectivity index (χ3v) is 3.69. The minimum Gasteiger partial charge on any atom is -0.492 e. The van der Waals surface area contributed by atoms with Crippen molar-refractivity contribution < 1.29 is 4.74 Å². The molecule has 1 N–H and O–H groups in total. The number of hydrogen-bond acceptors (Lipinski definition) is 3. The predicted octanol–water partition coefficient (Wildman–Crippen LogP) is 3.15. The molecule has 100 valence electrons. The number of para-hydroxylation sites is 1. The van der Waals surface area contributed by atoms with Gasteiger partial charge in [-0.3, -0.25) is 4.98 Å². The molecule has 0 bridgehead atoms. The largest absolute Gasteiger partial charge is 0.492 e. The van der Waals surface area contributed by atoms with E-state index in [0.717, 1.165) is 29.7 Å². The molecule has 2 heterocycles. The van der Waals surface area contributed by atoms with Crippen molar-refractivity contribution >= 4 is 10.9 Å². The van der Waals surface area contributed by atoms with Gasteiger partial charge in [-0.15, -0.1) is 0 Å². The second kappa shape index (κ2) is 6.02. The topological polar surface area (TPSA) is 34.1 Å². The quantitative estimate of drug-likeness (QED) is 0.834. The van der Waals surface area contributed by atoms with Crippen LogP contribution in [0.5, 0.6) is 5.75 Å². The van der Waals surface area contributed by atoms with Gasteiger partial charge in [-0.2, -0.15) is 0 Å². The maximum absolute atomic E-state index is 5.78. The molecule has 1 aromatic carbocycles. The first kappa shape index (κ1) is 12.4. The molecule has 3 nitrogen and oxygen atoms in total. The maximum atomic E-state index is 5.78. The van der Waals surface area contributed by atoms with E-state index in [1.54, 1.807) is 0 Å². The third kappa shape index (κ3) is 3.24. The summed E-state index contributed by atoms with van der Waals surface area (Å²) in [5.41, 5.74) is 1.02. The molecule has 1 unspecified atom stereocenters. The van der Waals surface area contributed by atoms with Gasteiger partial charge in [0.25, 0.3) is 0 Å². The third-order valence-electron chi connectivity index (χ3n) is 3.69. The highest BCUT2D eigenvalue weighted by molar-refractivity contribution is 5.79. The van der Waals surface area contributed by atoms with E-state index >= 15 is 0 Å². The molecular weight excluding hydrogens is 236 g/mol. The molecule has 0 saturated carbocycles. The summed E-state index contributed by atoms with van der Waals surface area (Å²) in [5, 5.41) is 4.65. The lowest BCUT2D eigenvalue weighted by molar-refractivity contribution is 0.298. The van der Waals surface area contributed by atoms with Gasteiger partial charge in [0.2, 0.25) is 0 Å². The number of hydrogen-bond donors (Lipinski definition) is 1. The van der Waals surface area contributed by atoms with Gasteiger partial charge in [-0.25, -0.2) is 0 Å². The smallest absolute Gasteiger partial charge is 0.138 e. The van der Waals surface area contributed by atoms with E-state index in [1.807, 2.05) is 24.4 Å². The molecule has 1 saturated heterocycles. The zero-order valence-corrected chi connectivity index (χ0v) is 11.1. The molecule has 3 rings (SSSR count). The zero-order valence-electron chi connectivity index (χ0n) is 11.1. The Morgan fingerprint density at radius 2 is 2.26 bits per heavy atom. The first-order chi connectivity index (χ1) is 9.42. The van der Waals surface area contributed by atoms with Crippen LogP contribution in [0.15, 0.2) is 36.5 Å². The Balaban J connectivity index is 1.50. The Hall–Kier alpha value is -1.61. The summed E-state index contributed by atoms with van der Waals surface area (Å²) >= 11 is 0. The minimum atomic E-state index is 0.707. The second-order valence-corrected chi connectivity index (χ2v) is 5.15. The van der Waals surface area contributed by atoms with E-state index in [-0.39, 0.29) is 0 Å². The van der Waals surface area contributed by atoms with Crippen LogP contribution in [-0.4, -0.2) is 24.2 Å². The van der Waals surface area contributed by atoms with Gasteiger partial charge in [0.15, 0.2) is 0 Å². The van der Waals surface area contributed by atoms with Crippen LogP contribution < -0.4 is 10.1 Å². The Kier molecular flexibility index (Phi) is 3.94. The van der Waals surface area contributed by atoms with Crippen molar-refractivity contribution in [3.05, 3.63) is 36.5 Å². The monoisotopic (exact) mass is 256 g/mol. The fraction of sp³-hybridized carbons (Fsp3) is 0.438. The molecule has 1 aliphatic rings. The van der Waals surface area contributed by atoms with Crippen LogP contribution in [0.25, 0.3) is 10.9 Å². The van der Waals surface area contributed by atoms with Crippen LogP contribution in [0.2, 0.25) is 0 Å². The lowest BCUT2D eigenvalue weighted by Crippen LogP contribution is -2.21. The van der Waals surface area contributed by atoms with Gasteiger partial charge >= 0.3 is 0 Å². The van der Waals surface area contributed by atoms with Gasteiger partial charge in [0, 0.05) is 11.4 Å². The van der Waals surface area contributed by atoms with Crippen molar-refractivity contribution in [2.24, 2.45) is 0 Å². The Morgan fingerprint density at radius 1 is 1.32 bits per heavy atom. The molecule has 0 radical (unpaired) electrons. The fourth-order valence-electron chi connectivity index (χ4n) is 2.65. The minimum absolute atomic E-state index is 0.707. The fourth-order valence-corrected chi connectivity index (χ4v) is 2.65. The molecule has 2 aromatic rings. The number of rotatable bonds is 5. The zero-order chi connectivity index (χ0) is 12.9. The number of pyridine rings is 1. The van der Waals surface area contributed by atoms with Gasteiger partial charge in [-0.1, -0.05) is 18.2 Å². The Morgan fingerprint density at radius 3 is 3.16 bits per heavy atom. The first-order valence-corrected chi connectivity index (χ1v) is 7.13. The van der Waals surface area contributed by atoms with E-state index in [1.165, 1.54) is 25.8 Å². The Labute approximate surface area is 114 Å². The molecule has 1 aromatic heterocycles. The molecule has 1 atom stereocenters. The van der Waals surface area contributed by atoms with Crippen molar-refractivity contribution in [1.82, 2.24) is 10.3 Å². The maximum Gasteiger partial charge on any atom is 0.138 e. The number of ether oxygens (including phenoxy) is 1. The van der Waals surface area contributed by atoms with E-state index in [2.05, 4.69) is 22.4 Å². The van der Waals surface area contributed by atoms with E-state index in [4.69, 9.17) is 4.74 Å². The summed E-state index contributed by atoms with van der Waals surface area (Å²) in [6, 6.07) is 10.9. The summed E-state index contributed by atoms with van der Waals surface area (Å²) in [7, 11) is 0. The number of nitrogens with one attached hydrogen (secondary N) is 1. The van der Waals surface area contributed by atoms with Crippen LogP contribution in [0.1, 0.15) is 25.7 Å². The molecule has 1 aliphatic heterocycles. The van der Waals surface area contributed by atoms with Crippen molar-refractivity contribution in [2.75, 3.05) is 13.2 Å². The van der Waals surface area contributed by atoms with Crippen molar-refractivity contribution in [3.8, 4) is 5.75 Å². The predicted molar refractivity (Wildman–Crippen MR) is 77.5 cm³/mol. The molecule has 0 amide bonds. The summed E-state index contributed by atoms with van der Waals surface area (Å²) in [6.07, 6.45) is 6.76. The van der Waals surface area contributed by atoms with Crippen LogP contribution >= 0.6 is 0 Å². The average molecular weight is 256 g/mol. The number of aromatic nitrogens is 1. The molecular formula is C16H20N2O. The normalized spacial score (nSPS) is 18.8. The molecule has 19 heavy (non-hydrogen) atoms. The standard InChI is InChI=1S/C16H20N2O/c1-2-8-16-13(5-1)11-15(12-18-16)19-10-4-7-14-6-3-9-17-14/h1-2,5,8,11-12,14,17H,3-4,6-7,9-10H2. The lowest BCUT2D eigenvalue weighted by Gasteiger charge is -2.10. The summed E-state index contributed by atoms with van der Waals surface area (Å²) in [4.78, 5) is 4.40. The SMILES string of the molecule is c1ccc2ncc(OCCCC3CCCN3)cc2c1. The summed E-state index contributed by atoms with van der Waals surface area (Å²) < 4.78 is 5.78. The van der Waals surface area contributed by atoms with Crippen molar-refractivity contribution in [1.29, 1.82) is 0 Å². The van der Waals surface area contributed by atoms with Gasteiger partial charge in [0.1, 0.15) is 5.75 Å². The highest BCUT2D eigenvalue weighted by atomic mass is 16.5. The molecule has 3 heteroatoms.